The third-order valence-electron chi connectivity index (χ3n) is 4.11. The van der Waals surface area contributed by atoms with Gasteiger partial charge in [0.25, 0.3) is 0 Å². The fraction of sp³-hybridized carbons (Fsp3) is 0.588. The van der Waals surface area contributed by atoms with Crippen LogP contribution >= 0.6 is 0 Å². The number of nitriles is 1. The Balaban J connectivity index is 2.07. The average molecular weight is 287 g/mol. The first-order chi connectivity index (χ1) is 10.3. The van der Waals surface area contributed by atoms with Gasteiger partial charge in [-0.3, -0.25) is 0 Å². The molecule has 1 fully saturated rings. The molecule has 4 heteroatoms. The summed E-state index contributed by atoms with van der Waals surface area (Å²) in [5, 5.41) is 12.8. The molecule has 0 amide bonds. The van der Waals surface area contributed by atoms with Gasteiger partial charge < -0.3 is 15.0 Å². The zero-order chi connectivity index (χ0) is 15.1. The van der Waals surface area contributed by atoms with E-state index in [1.165, 1.54) is 19.3 Å². The van der Waals surface area contributed by atoms with Crippen molar-refractivity contribution in [1.82, 2.24) is 5.32 Å². The topological polar surface area (TPSA) is 48.3 Å². The Kier molecular flexibility index (Phi) is 6.04. The third kappa shape index (κ3) is 4.20. The van der Waals surface area contributed by atoms with Crippen LogP contribution in [-0.4, -0.2) is 32.8 Å². The van der Waals surface area contributed by atoms with E-state index in [0.717, 1.165) is 36.4 Å². The van der Waals surface area contributed by atoms with Crippen LogP contribution in [-0.2, 0) is 11.3 Å². The van der Waals surface area contributed by atoms with Crippen LogP contribution in [0, 0.1) is 11.3 Å². The van der Waals surface area contributed by atoms with Crippen LogP contribution in [0.3, 0.4) is 0 Å². The highest BCUT2D eigenvalue weighted by atomic mass is 16.5. The Morgan fingerprint density at radius 1 is 1.43 bits per heavy atom. The maximum absolute atomic E-state index is 9.45. The van der Waals surface area contributed by atoms with Crippen molar-refractivity contribution in [3.05, 3.63) is 29.3 Å². The van der Waals surface area contributed by atoms with Crippen molar-refractivity contribution >= 4 is 5.69 Å². The Hall–Kier alpha value is -1.57. The maximum Gasteiger partial charge on any atom is 0.101 e. The summed E-state index contributed by atoms with van der Waals surface area (Å²) in [6, 6.07) is 9.12. The van der Waals surface area contributed by atoms with Crippen molar-refractivity contribution in [2.75, 3.05) is 31.7 Å². The molecule has 1 aromatic rings. The van der Waals surface area contributed by atoms with E-state index < -0.39 is 0 Å². The molecule has 1 saturated heterocycles. The van der Waals surface area contributed by atoms with Gasteiger partial charge in [0.05, 0.1) is 17.9 Å². The Morgan fingerprint density at radius 2 is 2.29 bits per heavy atom. The van der Waals surface area contributed by atoms with E-state index in [1.54, 1.807) is 7.11 Å². The summed E-state index contributed by atoms with van der Waals surface area (Å²) in [5.74, 6) is 0. The molecule has 0 aromatic heterocycles. The first-order valence-corrected chi connectivity index (χ1v) is 7.75. The second-order valence-corrected chi connectivity index (χ2v) is 5.67. The average Bonchev–Trinajstić information content (AvgIpc) is 2.52. The summed E-state index contributed by atoms with van der Waals surface area (Å²) in [6.45, 7) is 5.60. The van der Waals surface area contributed by atoms with Gasteiger partial charge in [0, 0.05) is 32.8 Å². The summed E-state index contributed by atoms with van der Waals surface area (Å²) < 4.78 is 5.01. The molecule has 1 atom stereocenters. The summed E-state index contributed by atoms with van der Waals surface area (Å²) in [6.07, 6.45) is 3.72. The lowest BCUT2D eigenvalue weighted by Crippen LogP contribution is -2.37. The quantitative estimate of drug-likeness (QED) is 0.817. The zero-order valence-corrected chi connectivity index (χ0v) is 13.1. The number of ether oxygens (including phenoxy) is 1. The SMILES string of the molecule is COCCNCc1ccc(N2CCCCC2C)c(C#N)c1. The van der Waals surface area contributed by atoms with Crippen molar-refractivity contribution in [1.29, 1.82) is 5.26 Å². The van der Waals surface area contributed by atoms with Crippen LogP contribution in [0.1, 0.15) is 37.3 Å². The number of benzene rings is 1. The molecule has 4 nitrogen and oxygen atoms in total. The van der Waals surface area contributed by atoms with Gasteiger partial charge in [0.15, 0.2) is 0 Å². The van der Waals surface area contributed by atoms with Crippen molar-refractivity contribution in [3.63, 3.8) is 0 Å². The summed E-state index contributed by atoms with van der Waals surface area (Å²) in [4.78, 5) is 2.38. The summed E-state index contributed by atoms with van der Waals surface area (Å²) in [7, 11) is 1.70. The maximum atomic E-state index is 9.45. The second-order valence-electron chi connectivity index (χ2n) is 5.67. The normalized spacial score (nSPS) is 18.5. The van der Waals surface area contributed by atoms with Crippen LogP contribution in [0.25, 0.3) is 0 Å². The standard InChI is InChI=1S/C17H25N3O/c1-14-5-3-4-9-20(14)17-7-6-15(11-16(17)12-18)13-19-8-10-21-2/h6-7,11,14,19H,3-5,8-10,13H2,1-2H3. The van der Waals surface area contributed by atoms with E-state index in [2.05, 4.69) is 35.3 Å². The Labute approximate surface area is 127 Å². The molecule has 21 heavy (non-hydrogen) atoms. The third-order valence-corrected chi connectivity index (χ3v) is 4.11. The molecular weight excluding hydrogens is 262 g/mol. The molecule has 1 N–H and O–H groups in total. The molecule has 0 bridgehead atoms. The summed E-state index contributed by atoms with van der Waals surface area (Å²) in [5.41, 5.74) is 3.02. The van der Waals surface area contributed by atoms with Gasteiger partial charge in [-0.05, 0) is 43.9 Å². The van der Waals surface area contributed by atoms with Gasteiger partial charge in [-0.1, -0.05) is 6.07 Å². The number of piperidine rings is 1. The number of hydrogen-bond acceptors (Lipinski definition) is 4. The highest BCUT2D eigenvalue weighted by molar-refractivity contribution is 5.61. The van der Waals surface area contributed by atoms with Gasteiger partial charge in [-0.2, -0.15) is 5.26 Å². The van der Waals surface area contributed by atoms with Crippen molar-refractivity contribution in [2.24, 2.45) is 0 Å². The number of hydrogen-bond donors (Lipinski definition) is 1. The van der Waals surface area contributed by atoms with E-state index in [4.69, 9.17) is 4.74 Å². The fourth-order valence-corrected chi connectivity index (χ4v) is 2.90. The highest BCUT2D eigenvalue weighted by Gasteiger charge is 2.20. The molecule has 0 spiro atoms. The van der Waals surface area contributed by atoms with Gasteiger partial charge in [0.2, 0.25) is 0 Å². The minimum absolute atomic E-state index is 0.525. The predicted octanol–water partition coefficient (Wildman–Crippen LogP) is 2.67. The molecule has 0 aliphatic carbocycles. The van der Waals surface area contributed by atoms with Gasteiger partial charge in [-0.15, -0.1) is 0 Å². The zero-order valence-electron chi connectivity index (χ0n) is 13.1. The van der Waals surface area contributed by atoms with Crippen molar-refractivity contribution < 1.29 is 4.74 Å². The second kappa shape index (κ2) is 8.02. The van der Waals surface area contributed by atoms with E-state index in [-0.39, 0.29) is 0 Å². The monoisotopic (exact) mass is 287 g/mol. The Bertz CT molecular complexity index is 495. The predicted molar refractivity (Wildman–Crippen MR) is 85.4 cm³/mol. The van der Waals surface area contributed by atoms with E-state index in [9.17, 15) is 5.26 Å². The highest BCUT2D eigenvalue weighted by Crippen LogP contribution is 2.28. The minimum Gasteiger partial charge on any atom is -0.383 e. The Morgan fingerprint density at radius 3 is 3.00 bits per heavy atom. The lowest BCUT2D eigenvalue weighted by Gasteiger charge is -2.36. The molecule has 1 aliphatic heterocycles. The van der Waals surface area contributed by atoms with E-state index in [0.29, 0.717) is 12.6 Å². The van der Waals surface area contributed by atoms with Crippen molar-refractivity contribution in [2.45, 2.75) is 38.8 Å². The molecular formula is C17H25N3O. The number of methoxy groups -OCH3 is 1. The number of anilines is 1. The van der Waals surface area contributed by atoms with Gasteiger partial charge in [-0.25, -0.2) is 0 Å². The lowest BCUT2D eigenvalue weighted by molar-refractivity contribution is 0.199. The van der Waals surface area contributed by atoms with Crippen LogP contribution < -0.4 is 10.2 Å². The largest absolute Gasteiger partial charge is 0.383 e. The molecule has 1 heterocycles. The van der Waals surface area contributed by atoms with Gasteiger partial charge in [0.1, 0.15) is 6.07 Å². The molecule has 114 valence electrons. The van der Waals surface area contributed by atoms with Crippen LogP contribution in [0.2, 0.25) is 0 Å². The number of rotatable bonds is 6. The number of nitrogens with zero attached hydrogens (tertiary/aromatic N) is 2. The molecule has 1 aliphatic rings. The molecule has 0 radical (unpaired) electrons. The summed E-state index contributed by atoms with van der Waals surface area (Å²) >= 11 is 0. The molecule has 2 rings (SSSR count). The smallest absolute Gasteiger partial charge is 0.101 e. The van der Waals surface area contributed by atoms with Gasteiger partial charge >= 0.3 is 0 Å². The number of nitrogens with one attached hydrogen (secondary N) is 1. The van der Waals surface area contributed by atoms with E-state index in [1.807, 2.05) is 6.07 Å². The molecule has 0 saturated carbocycles. The van der Waals surface area contributed by atoms with E-state index >= 15 is 0 Å². The van der Waals surface area contributed by atoms with Crippen LogP contribution in [0.5, 0.6) is 0 Å². The fourth-order valence-electron chi connectivity index (χ4n) is 2.90. The van der Waals surface area contributed by atoms with Crippen molar-refractivity contribution in [3.8, 4) is 6.07 Å². The van der Waals surface area contributed by atoms with Crippen LogP contribution in [0.15, 0.2) is 18.2 Å². The lowest BCUT2D eigenvalue weighted by atomic mass is 10.0. The first-order valence-electron chi connectivity index (χ1n) is 7.75. The molecule has 1 aromatic carbocycles. The minimum atomic E-state index is 0.525. The first kappa shape index (κ1) is 15.8. The van der Waals surface area contributed by atoms with Crippen LogP contribution in [0.4, 0.5) is 5.69 Å². The molecule has 1 unspecified atom stereocenters.